The highest BCUT2D eigenvalue weighted by Crippen LogP contribution is 2.23. The molecule has 0 aliphatic heterocycles. The molecule has 0 bridgehead atoms. The van der Waals surface area contributed by atoms with E-state index in [0.29, 0.717) is 12.1 Å². The molecule has 0 saturated heterocycles. The van der Waals surface area contributed by atoms with Crippen molar-refractivity contribution in [3.63, 3.8) is 0 Å². The van der Waals surface area contributed by atoms with E-state index in [9.17, 15) is 4.79 Å². The van der Waals surface area contributed by atoms with Crippen molar-refractivity contribution in [3.8, 4) is 0 Å². The second-order valence-corrected chi connectivity index (χ2v) is 5.79. The van der Waals surface area contributed by atoms with E-state index in [2.05, 4.69) is 18.5 Å². The number of amides is 1. The zero-order valence-corrected chi connectivity index (χ0v) is 11.2. The molecule has 1 fully saturated rings. The summed E-state index contributed by atoms with van der Waals surface area (Å²) in [7, 11) is 0. The minimum absolute atomic E-state index is 0.205. The number of nitrogens with one attached hydrogen (secondary N) is 1. The van der Waals surface area contributed by atoms with Crippen LogP contribution in [-0.4, -0.2) is 30.0 Å². The van der Waals surface area contributed by atoms with Crippen LogP contribution in [0.25, 0.3) is 0 Å². The van der Waals surface area contributed by atoms with Gasteiger partial charge < -0.3 is 11.1 Å². The summed E-state index contributed by atoms with van der Waals surface area (Å²) in [5.41, 5.74) is 5.83. The van der Waals surface area contributed by atoms with Gasteiger partial charge in [-0.2, -0.15) is 11.8 Å². The summed E-state index contributed by atoms with van der Waals surface area (Å²) >= 11 is 1.83. The third-order valence-electron chi connectivity index (χ3n) is 3.29. The molecule has 1 aliphatic rings. The van der Waals surface area contributed by atoms with Gasteiger partial charge in [-0.05, 0) is 51.0 Å². The van der Waals surface area contributed by atoms with E-state index in [1.54, 1.807) is 0 Å². The second kappa shape index (κ2) is 7.17. The first-order chi connectivity index (χ1) is 7.63. The van der Waals surface area contributed by atoms with E-state index >= 15 is 0 Å². The fraction of sp³-hybridized carbons (Fsp3) is 0.917. The summed E-state index contributed by atoms with van der Waals surface area (Å²) in [4.78, 5) is 11.9. The predicted octanol–water partition coefficient (Wildman–Crippen LogP) is 1.76. The van der Waals surface area contributed by atoms with Crippen molar-refractivity contribution in [1.82, 2.24) is 5.32 Å². The maximum atomic E-state index is 11.9. The van der Waals surface area contributed by atoms with E-state index in [-0.39, 0.29) is 11.8 Å². The van der Waals surface area contributed by atoms with E-state index in [0.717, 1.165) is 37.9 Å². The lowest BCUT2D eigenvalue weighted by Gasteiger charge is -2.26. The summed E-state index contributed by atoms with van der Waals surface area (Å²) in [6, 6.07) is 0.619. The Hall–Kier alpha value is -0.220. The number of hydrogen-bond acceptors (Lipinski definition) is 3. The number of thioether (sulfide) groups is 1. The summed E-state index contributed by atoms with van der Waals surface area (Å²) < 4.78 is 0. The van der Waals surface area contributed by atoms with Crippen LogP contribution in [0.2, 0.25) is 0 Å². The lowest BCUT2D eigenvalue weighted by Crippen LogP contribution is -2.40. The van der Waals surface area contributed by atoms with Crippen LogP contribution < -0.4 is 11.1 Å². The molecule has 0 aromatic rings. The third kappa shape index (κ3) is 4.74. The van der Waals surface area contributed by atoms with Gasteiger partial charge in [-0.1, -0.05) is 0 Å². The summed E-state index contributed by atoms with van der Waals surface area (Å²) in [5, 5.41) is 3.11. The van der Waals surface area contributed by atoms with Crippen LogP contribution in [0, 0.1) is 5.92 Å². The molecular formula is C12H24N2OS. The summed E-state index contributed by atoms with van der Waals surface area (Å²) in [6.07, 6.45) is 7.06. The van der Waals surface area contributed by atoms with Crippen molar-refractivity contribution in [3.05, 3.63) is 0 Å². The standard InChI is InChI=1S/C12H24N2OS/c1-9(7-8-16-2)14-12(15)10-3-5-11(13)6-4-10/h9-11H,3-8,13H2,1-2H3,(H,14,15). The van der Waals surface area contributed by atoms with Gasteiger partial charge in [-0.25, -0.2) is 0 Å². The van der Waals surface area contributed by atoms with Crippen LogP contribution in [0.1, 0.15) is 39.0 Å². The lowest BCUT2D eigenvalue weighted by atomic mass is 9.86. The van der Waals surface area contributed by atoms with Crippen molar-refractivity contribution >= 4 is 17.7 Å². The van der Waals surface area contributed by atoms with Crippen LogP contribution in [0.5, 0.6) is 0 Å². The number of carbonyl (C=O) groups is 1. The molecule has 1 atom stereocenters. The molecule has 3 nitrogen and oxygen atoms in total. The molecule has 1 saturated carbocycles. The molecule has 16 heavy (non-hydrogen) atoms. The normalized spacial score (nSPS) is 27.4. The van der Waals surface area contributed by atoms with Crippen molar-refractivity contribution in [1.29, 1.82) is 0 Å². The van der Waals surface area contributed by atoms with Gasteiger partial charge in [0, 0.05) is 18.0 Å². The van der Waals surface area contributed by atoms with Gasteiger partial charge in [-0.3, -0.25) is 4.79 Å². The highest BCUT2D eigenvalue weighted by molar-refractivity contribution is 7.98. The maximum absolute atomic E-state index is 11.9. The molecule has 1 amide bonds. The van der Waals surface area contributed by atoms with Crippen LogP contribution in [0.3, 0.4) is 0 Å². The molecular weight excluding hydrogens is 220 g/mol. The van der Waals surface area contributed by atoms with Crippen molar-refractivity contribution in [2.24, 2.45) is 11.7 Å². The Morgan fingerprint density at radius 3 is 2.62 bits per heavy atom. The first-order valence-electron chi connectivity index (χ1n) is 6.18. The van der Waals surface area contributed by atoms with Crippen LogP contribution >= 0.6 is 11.8 Å². The van der Waals surface area contributed by atoms with E-state index in [4.69, 9.17) is 5.73 Å². The Morgan fingerprint density at radius 1 is 1.44 bits per heavy atom. The molecule has 3 N–H and O–H groups in total. The molecule has 4 heteroatoms. The van der Waals surface area contributed by atoms with Gasteiger partial charge in [0.05, 0.1) is 0 Å². The average Bonchev–Trinajstić information content (AvgIpc) is 2.27. The predicted molar refractivity (Wildman–Crippen MR) is 70.5 cm³/mol. The van der Waals surface area contributed by atoms with Crippen LogP contribution in [-0.2, 0) is 4.79 Å². The molecule has 0 aromatic heterocycles. The lowest BCUT2D eigenvalue weighted by molar-refractivity contribution is -0.126. The largest absolute Gasteiger partial charge is 0.353 e. The zero-order valence-electron chi connectivity index (χ0n) is 10.4. The Morgan fingerprint density at radius 2 is 2.06 bits per heavy atom. The third-order valence-corrected chi connectivity index (χ3v) is 3.93. The van der Waals surface area contributed by atoms with Gasteiger partial charge in [-0.15, -0.1) is 0 Å². The number of nitrogens with two attached hydrogens (primary N) is 1. The van der Waals surface area contributed by atoms with Gasteiger partial charge in [0.25, 0.3) is 0 Å². The fourth-order valence-corrected chi connectivity index (χ4v) is 2.70. The van der Waals surface area contributed by atoms with Crippen molar-refractivity contribution in [2.45, 2.75) is 51.1 Å². The highest BCUT2D eigenvalue weighted by atomic mass is 32.2. The first kappa shape index (κ1) is 13.8. The van der Waals surface area contributed by atoms with Gasteiger partial charge in [0.2, 0.25) is 5.91 Å². The maximum Gasteiger partial charge on any atom is 0.223 e. The molecule has 0 aromatic carbocycles. The van der Waals surface area contributed by atoms with E-state index in [1.807, 2.05) is 11.8 Å². The molecule has 94 valence electrons. The summed E-state index contributed by atoms with van der Waals surface area (Å²) in [6.45, 7) is 2.09. The first-order valence-corrected chi connectivity index (χ1v) is 7.57. The Balaban J connectivity index is 2.23. The fourth-order valence-electron chi connectivity index (χ4n) is 2.11. The quantitative estimate of drug-likeness (QED) is 0.775. The summed E-state index contributed by atoms with van der Waals surface area (Å²) in [5.74, 6) is 1.55. The average molecular weight is 244 g/mol. The molecule has 0 spiro atoms. The van der Waals surface area contributed by atoms with E-state index in [1.165, 1.54) is 0 Å². The monoisotopic (exact) mass is 244 g/mol. The molecule has 0 heterocycles. The Bertz CT molecular complexity index is 215. The second-order valence-electron chi connectivity index (χ2n) is 4.80. The minimum Gasteiger partial charge on any atom is -0.353 e. The van der Waals surface area contributed by atoms with Crippen molar-refractivity contribution in [2.75, 3.05) is 12.0 Å². The Kier molecular flexibility index (Phi) is 6.21. The van der Waals surface area contributed by atoms with Crippen molar-refractivity contribution < 1.29 is 4.79 Å². The minimum atomic E-state index is 0.205. The molecule has 1 rings (SSSR count). The van der Waals surface area contributed by atoms with Crippen LogP contribution in [0.15, 0.2) is 0 Å². The topological polar surface area (TPSA) is 55.1 Å². The molecule has 0 radical (unpaired) electrons. The number of carbonyl (C=O) groups excluding carboxylic acids is 1. The number of hydrogen-bond donors (Lipinski definition) is 2. The number of rotatable bonds is 5. The van der Waals surface area contributed by atoms with E-state index < -0.39 is 0 Å². The van der Waals surface area contributed by atoms with Gasteiger partial charge in [0.1, 0.15) is 0 Å². The highest BCUT2D eigenvalue weighted by Gasteiger charge is 2.25. The van der Waals surface area contributed by atoms with Gasteiger partial charge in [0.15, 0.2) is 0 Å². The smallest absolute Gasteiger partial charge is 0.223 e. The molecule has 1 aliphatic carbocycles. The zero-order chi connectivity index (χ0) is 12.0. The molecule has 1 unspecified atom stereocenters. The van der Waals surface area contributed by atoms with Gasteiger partial charge >= 0.3 is 0 Å². The Labute approximate surface area is 103 Å². The van der Waals surface area contributed by atoms with Crippen LogP contribution in [0.4, 0.5) is 0 Å². The SMILES string of the molecule is CSCCC(C)NC(=O)C1CCC(N)CC1.